The molecule has 0 saturated heterocycles. The van der Waals surface area contributed by atoms with E-state index in [1.807, 2.05) is 6.20 Å². The topological polar surface area (TPSA) is 30.7 Å². The Morgan fingerprint density at radius 2 is 1.52 bits per heavy atom. The molecule has 0 bridgehead atoms. The van der Waals surface area contributed by atoms with Crippen molar-refractivity contribution in [2.45, 2.75) is 72.6 Å². The minimum absolute atomic E-state index is 1.18. The second-order valence-corrected chi connectivity index (χ2v) is 20.5. The van der Waals surface area contributed by atoms with Crippen LogP contribution < -0.4 is 3.58 Å². The number of hydrogen-bond donors (Lipinski definition) is 0. The number of aryl methyl sites for hydroxylation is 1. The van der Waals surface area contributed by atoms with Crippen molar-refractivity contribution in [2.24, 2.45) is 7.05 Å². The third-order valence-corrected chi connectivity index (χ3v) is 21.1. The molecule has 0 aliphatic heterocycles. The van der Waals surface area contributed by atoms with Crippen LogP contribution in [-0.2, 0) is 7.05 Å². The Labute approximate surface area is 158 Å². The second kappa shape index (κ2) is 10.3. The number of aromatic nitrogens is 3. The molecule has 0 amide bonds. The molecule has 0 N–H and O–H groups in total. The van der Waals surface area contributed by atoms with E-state index in [0.717, 1.165) is 0 Å². The van der Waals surface area contributed by atoms with Crippen molar-refractivity contribution >= 4 is 22.0 Å². The van der Waals surface area contributed by atoms with E-state index >= 15 is 0 Å². The van der Waals surface area contributed by atoms with E-state index in [1.54, 1.807) is 3.58 Å². The summed E-state index contributed by atoms with van der Waals surface area (Å²) < 4.78 is 8.22. The Morgan fingerprint density at radius 1 is 0.920 bits per heavy atom. The minimum atomic E-state index is -2.50. The standard InChI is InChI=1S/C9H8N3.3C4H9.Sn/c1-12-7-3-5-9(12)8-4-2-6-10-11-8;3*1-3-4-2;/h2-3,5-7H,1H3;3*1,3-4H2,2H3;. The van der Waals surface area contributed by atoms with Crippen molar-refractivity contribution in [1.82, 2.24) is 14.8 Å². The molecule has 2 rings (SSSR count). The van der Waals surface area contributed by atoms with E-state index in [2.05, 4.69) is 67.0 Å². The zero-order valence-electron chi connectivity index (χ0n) is 16.6. The maximum absolute atomic E-state index is 4.65. The molecular weight excluding hydrogens is 413 g/mol. The summed E-state index contributed by atoms with van der Waals surface area (Å²) >= 11 is -2.50. The Bertz CT molecular complexity index is 614. The molecule has 0 fully saturated rings. The predicted molar refractivity (Wildman–Crippen MR) is 111 cm³/mol. The number of nitrogens with zero attached hydrogens (tertiary/aromatic N) is 3. The van der Waals surface area contributed by atoms with Gasteiger partial charge in [-0.15, -0.1) is 0 Å². The maximum atomic E-state index is 4.65. The molecule has 0 saturated carbocycles. The van der Waals surface area contributed by atoms with Gasteiger partial charge < -0.3 is 0 Å². The molecular formula is C21H35N3Sn. The van der Waals surface area contributed by atoms with Crippen LogP contribution in [0, 0.1) is 0 Å². The van der Waals surface area contributed by atoms with Crippen molar-refractivity contribution < 1.29 is 0 Å². The zero-order valence-corrected chi connectivity index (χ0v) is 19.4. The first-order valence-electron chi connectivity index (χ1n) is 10.1. The SMILES string of the molecule is CCC[CH2][Sn]([CH2]CCC)([CH2]CCC)[c]1ccnnc1-c1cccn1C. The van der Waals surface area contributed by atoms with Crippen LogP contribution in [0.5, 0.6) is 0 Å². The summed E-state index contributed by atoms with van der Waals surface area (Å²) in [5.74, 6) is 0. The first-order valence-corrected chi connectivity index (χ1v) is 17.6. The zero-order chi connectivity index (χ0) is 18.1. The summed E-state index contributed by atoms with van der Waals surface area (Å²) in [5.41, 5.74) is 2.41. The molecule has 0 spiro atoms. The van der Waals surface area contributed by atoms with Gasteiger partial charge in [0, 0.05) is 0 Å². The van der Waals surface area contributed by atoms with E-state index in [9.17, 15) is 0 Å². The molecule has 2 aromatic heterocycles. The summed E-state index contributed by atoms with van der Waals surface area (Å²) in [6.45, 7) is 7.00. The Balaban J connectivity index is 2.53. The average Bonchev–Trinajstić information content (AvgIpc) is 3.07. The Kier molecular flexibility index (Phi) is 8.47. The van der Waals surface area contributed by atoms with Gasteiger partial charge in [-0.05, 0) is 0 Å². The Hall–Kier alpha value is -0.841. The van der Waals surface area contributed by atoms with Crippen LogP contribution in [0.25, 0.3) is 11.4 Å². The third kappa shape index (κ3) is 5.08. The van der Waals surface area contributed by atoms with Gasteiger partial charge >= 0.3 is 158 Å². The van der Waals surface area contributed by atoms with E-state index in [1.165, 1.54) is 63.2 Å². The summed E-state index contributed by atoms with van der Waals surface area (Å²) in [6.07, 6.45) is 12.1. The fourth-order valence-electron chi connectivity index (χ4n) is 3.98. The van der Waals surface area contributed by atoms with Crippen LogP contribution in [0.4, 0.5) is 0 Å². The summed E-state index contributed by atoms with van der Waals surface area (Å²) in [4.78, 5) is 0. The first-order chi connectivity index (χ1) is 12.2. The summed E-state index contributed by atoms with van der Waals surface area (Å²) in [5, 5.41) is 8.92. The van der Waals surface area contributed by atoms with Crippen LogP contribution >= 0.6 is 0 Å². The van der Waals surface area contributed by atoms with Crippen LogP contribution in [0.3, 0.4) is 0 Å². The van der Waals surface area contributed by atoms with Gasteiger partial charge in [-0.25, -0.2) is 0 Å². The van der Waals surface area contributed by atoms with E-state index in [-0.39, 0.29) is 0 Å². The van der Waals surface area contributed by atoms with Gasteiger partial charge in [0.1, 0.15) is 0 Å². The van der Waals surface area contributed by atoms with Crippen molar-refractivity contribution in [3.05, 3.63) is 30.6 Å². The Morgan fingerprint density at radius 3 is 2.00 bits per heavy atom. The van der Waals surface area contributed by atoms with Crippen molar-refractivity contribution in [1.29, 1.82) is 0 Å². The fraction of sp³-hybridized carbons (Fsp3) is 0.619. The third-order valence-electron chi connectivity index (χ3n) is 5.51. The van der Waals surface area contributed by atoms with Gasteiger partial charge in [-0.1, -0.05) is 0 Å². The monoisotopic (exact) mass is 449 g/mol. The van der Waals surface area contributed by atoms with Gasteiger partial charge in [0.05, 0.1) is 0 Å². The second-order valence-electron chi connectivity index (χ2n) is 7.39. The van der Waals surface area contributed by atoms with Gasteiger partial charge in [0.2, 0.25) is 0 Å². The molecule has 0 radical (unpaired) electrons. The van der Waals surface area contributed by atoms with Gasteiger partial charge in [0.25, 0.3) is 0 Å². The van der Waals surface area contributed by atoms with Crippen molar-refractivity contribution in [3.63, 3.8) is 0 Å². The van der Waals surface area contributed by atoms with Crippen LogP contribution in [0.2, 0.25) is 13.3 Å². The fourth-order valence-corrected chi connectivity index (χ4v) is 20.4. The molecule has 3 nitrogen and oxygen atoms in total. The predicted octanol–water partition coefficient (Wildman–Crippen LogP) is 5.54. The molecule has 0 aliphatic carbocycles. The van der Waals surface area contributed by atoms with Crippen LogP contribution in [0.15, 0.2) is 30.6 Å². The molecule has 0 aromatic carbocycles. The molecule has 4 heteroatoms. The molecule has 0 unspecified atom stereocenters. The van der Waals surface area contributed by atoms with Crippen molar-refractivity contribution in [2.75, 3.05) is 0 Å². The normalized spacial score (nSPS) is 11.8. The van der Waals surface area contributed by atoms with Gasteiger partial charge in [0.15, 0.2) is 0 Å². The van der Waals surface area contributed by atoms with Crippen LogP contribution in [0.1, 0.15) is 59.3 Å². The van der Waals surface area contributed by atoms with Gasteiger partial charge in [-0.3, -0.25) is 0 Å². The number of hydrogen-bond acceptors (Lipinski definition) is 2. The van der Waals surface area contributed by atoms with E-state index in [0.29, 0.717) is 0 Å². The quantitative estimate of drug-likeness (QED) is 0.423. The van der Waals surface area contributed by atoms with Gasteiger partial charge in [-0.2, -0.15) is 0 Å². The molecule has 2 heterocycles. The number of unbranched alkanes of at least 4 members (excludes halogenated alkanes) is 3. The first kappa shape index (κ1) is 20.5. The van der Waals surface area contributed by atoms with E-state index in [4.69, 9.17) is 0 Å². The summed E-state index contributed by atoms with van der Waals surface area (Å²) in [7, 11) is 2.12. The molecule has 138 valence electrons. The average molecular weight is 448 g/mol. The summed E-state index contributed by atoms with van der Waals surface area (Å²) in [6, 6.07) is 6.66. The van der Waals surface area contributed by atoms with Crippen molar-refractivity contribution in [3.8, 4) is 11.4 Å². The molecule has 25 heavy (non-hydrogen) atoms. The molecule has 0 atom stereocenters. The van der Waals surface area contributed by atoms with Crippen LogP contribution in [-0.4, -0.2) is 33.1 Å². The number of rotatable bonds is 11. The van der Waals surface area contributed by atoms with E-state index < -0.39 is 18.4 Å². The molecule has 2 aromatic rings. The molecule has 0 aliphatic rings.